The number of rotatable bonds is 5. The maximum atomic E-state index is 11.3. The summed E-state index contributed by atoms with van der Waals surface area (Å²) in [5.41, 5.74) is 5.86. The Morgan fingerprint density at radius 1 is 1.52 bits per heavy atom. The topological polar surface area (TPSA) is 102 Å². The van der Waals surface area contributed by atoms with E-state index in [0.29, 0.717) is 5.69 Å². The van der Waals surface area contributed by atoms with E-state index in [1.54, 1.807) is 12.1 Å². The molecule has 1 aromatic rings. The number of nitro benzene ring substituents is 1. The molecular weight excluding hydrogens is 272 g/mol. The van der Waals surface area contributed by atoms with Crippen LogP contribution in [-0.4, -0.2) is 37.0 Å². The van der Waals surface area contributed by atoms with E-state index in [4.69, 9.17) is 5.73 Å². The minimum absolute atomic E-state index is 0.0608. The first-order valence-electron chi connectivity index (χ1n) is 7.04. The number of benzene rings is 1. The maximum absolute atomic E-state index is 11.3. The zero-order valence-electron chi connectivity index (χ0n) is 12.0. The molecular formula is C14H20N4O3. The van der Waals surface area contributed by atoms with Gasteiger partial charge in [0.25, 0.3) is 5.69 Å². The Balaban J connectivity index is 2.41. The molecule has 1 heterocycles. The molecule has 1 aliphatic heterocycles. The molecule has 1 fully saturated rings. The van der Waals surface area contributed by atoms with Crippen molar-refractivity contribution < 1.29 is 9.72 Å². The number of piperidine rings is 1. The minimum atomic E-state index is -0.657. The van der Waals surface area contributed by atoms with E-state index < -0.39 is 10.8 Å². The van der Waals surface area contributed by atoms with E-state index >= 15 is 0 Å². The third kappa shape index (κ3) is 3.30. The van der Waals surface area contributed by atoms with Crippen molar-refractivity contribution >= 4 is 17.3 Å². The van der Waals surface area contributed by atoms with Crippen LogP contribution in [0.4, 0.5) is 11.4 Å². The highest BCUT2D eigenvalue weighted by Gasteiger charge is 2.28. The molecule has 1 amide bonds. The normalized spacial score (nSPS) is 18.5. The van der Waals surface area contributed by atoms with Crippen molar-refractivity contribution in [3.05, 3.63) is 33.9 Å². The van der Waals surface area contributed by atoms with Crippen molar-refractivity contribution in [2.45, 2.75) is 25.3 Å². The molecule has 1 unspecified atom stereocenters. The van der Waals surface area contributed by atoms with Gasteiger partial charge in [0, 0.05) is 30.8 Å². The van der Waals surface area contributed by atoms with Crippen LogP contribution in [0.15, 0.2) is 18.2 Å². The summed E-state index contributed by atoms with van der Waals surface area (Å²) in [5, 5.41) is 14.4. The van der Waals surface area contributed by atoms with Crippen LogP contribution in [-0.2, 0) is 0 Å². The van der Waals surface area contributed by atoms with Gasteiger partial charge in [0.1, 0.15) is 5.69 Å². The van der Waals surface area contributed by atoms with E-state index in [1.807, 2.05) is 7.05 Å². The lowest BCUT2D eigenvalue weighted by Crippen LogP contribution is -2.45. The molecule has 1 saturated heterocycles. The van der Waals surface area contributed by atoms with Gasteiger partial charge in [0.2, 0.25) is 5.91 Å². The van der Waals surface area contributed by atoms with Crippen molar-refractivity contribution in [3.8, 4) is 0 Å². The highest BCUT2D eigenvalue weighted by atomic mass is 16.6. The first kappa shape index (κ1) is 15.2. The fourth-order valence-electron chi connectivity index (χ4n) is 2.83. The summed E-state index contributed by atoms with van der Waals surface area (Å²) >= 11 is 0. The molecule has 2 rings (SSSR count). The molecule has 0 radical (unpaired) electrons. The summed E-state index contributed by atoms with van der Waals surface area (Å²) in [4.78, 5) is 24.1. The van der Waals surface area contributed by atoms with Crippen molar-refractivity contribution in [2.75, 3.05) is 25.0 Å². The average molecular weight is 292 g/mol. The summed E-state index contributed by atoms with van der Waals surface area (Å²) < 4.78 is 0. The fraction of sp³-hybridized carbons (Fsp3) is 0.500. The highest BCUT2D eigenvalue weighted by Crippen LogP contribution is 2.33. The molecule has 7 nitrogen and oxygen atoms in total. The molecule has 114 valence electrons. The van der Waals surface area contributed by atoms with E-state index in [1.165, 1.54) is 6.07 Å². The smallest absolute Gasteiger partial charge is 0.293 e. The zero-order valence-corrected chi connectivity index (χ0v) is 12.0. The molecule has 21 heavy (non-hydrogen) atoms. The van der Waals surface area contributed by atoms with Crippen LogP contribution in [0.1, 0.15) is 29.6 Å². The second-order valence-corrected chi connectivity index (χ2v) is 5.23. The number of amides is 1. The van der Waals surface area contributed by atoms with Crippen molar-refractivity contribution in [3.63, 3.8) is 0 Å². The van der Waals surface area contributed by atoms with Gasteiger partial charge in [-0.1, -0.05) is 0 Å². The SMILES string of the molecule is CNCC1CCCCN1c1ccc(C(N)=O)cc1[N+](=O)[O-]. The molecule has 0 bridgehead atoms. The van der Waals surface area contributed by atoms with Crippen LogP contribution in [0.3, 0.4) is 0 Å². The van der Waals surface area contributed by atoms with Crippen molar-refractivity contribution in [2.24, 2.45) is 5.73 Å². The minimum Gasteiger partial charge on any atom is -0.366 e. The number of hydrogen-bond donors (Lipinski definition) is 2. The number of nitro groups is 1. The number of nitrogens with one attached hydrogen (secondary N) is 1. The largest absolute Gasteiger partial charge is 0.366 e. The van der Waals surface area contributed by atoms with Gasteiger partial charge >= 0.3 is 0 Å². The van der Waals surface area contributed by atoms with E-state index in [9.17, 15) is 14.9 Å². The predicted octanol–water partition coefficient (Wildman–Crippen LogP) is 1.27. The molecule has 0 aliphatic carbocycles. The number of nitrogens with zero attached hydrogens (tertiary/aromatic N) is 2. The second kappa shape index (κ2) is 6.53. The predicted molar refractivity (Wildman–Crippen MR) is 80.5 cm³/mol. The lowest BCUT2D eigenvalue weighted by molar-refractivity contribution is -0.384. The number of likely N-dealkylation sites (N-methyl/N-ethyl adjacent to an activating group) is 1. The third-order valence-electron chi connectivity index (χ3n) is 3.83. The zero-order chi connectivity index (χ0) is 15.4. The Hall–Kier alpha value is -2.15. The van der Waals surface area contributed by atoms with Gasteiger partial charge in [-0.25, -0.2) is 0 Å². The third-order valence-corrected chi connectivity index (χ3v) is 3.83. The van der Waals surface area contributed by atoms with Crippen LogP contribution >= 0.6 is 0 Å². The molecule has 7 heteroatoms. The number of carbonyl (C=O) groups excluding carboxylic acids is 1. The van der Waals surface area contributed by atoms with Gasteiger partial charge in [-0.15, -0.1) is 0 Å². The molecule has 1 aliphatic rings. The molecule has 0 saturated carbocycles. The monoisotopic (exact) mass is 292 g/mol. The second-order valence-electron chi connectivity index (χ2n) is 5.23. The number of anilines is 1. The molecule has 1 atom stereocenters. The summed E-state index contributed by atoms with van der Waals surface area (Å²) in [5.74, 6) is -0.657. The van der Waals surface area contributed by atoms with Crippen LogP contribution in [0.25, 0.3) is 0 Å². The van der Waals surface area contributed by atoms with Crippen LogP contribution in [0.5, 0.6) is 0 Å². The van der Waals surface area contributed by atoms with Crippen molar-refractivity contribution in [1.82, 2.24) is 5.32 Å². The summed E-state index contributed by atoms with van der Waals surface area (Å²) in [7, 11) is 1.87. The number of hydrogen-bond acceptors (Lipinski definition) is 5. The Morgan fingerprint density at radius 2 is 2.29 bits per heavy atom. The van der Waals surface area contributed by atoms with Crippen molar-refractivity contribution in [1.29, 1.82) is 0 Å². The van der Waals surface area contributed by atoms with E-state index in [2.05, 4.69) is 10.2 Å². The Bertz CT molecular complexity index is 545. The summed E-state index contributed by atoms with van der Waals surface area (Å²) in [6.07, 6.45) is 3.13. The number of nitrogens with two attached hydrogens (primary N) is 1. The molecule has 0 spiro atoms. The number of carbonyl (C=O) groups is 1. The fourth-order valence-corrected chi connectivity index (χ4v) is 2.83. The van der Waals surface area contributed by atoms with Gasteiger partial charge in [-0.3, -0.25) is 14.9 Å². The Kier molecular flexibility index (Phi) is 4.74. The first-order valence-corrected chi connectivity index (χ1v) is 7.04. The molecule has 0 aromatic heterocycles. The van der Waals surface area contributed by atoms with E-state index in [0.717, 1.165) is 32.4 Å². The maximum Gasteiger partial charge on any atom is 0.293 e. The summed E-state index contributed by atoms with van der Waals surface area (Å²) in [6, 6.07) is 4.67. The summed E-state index contributed by atoms with van der Waals surface area (Å²) in [6.45, 7) is 1.55. The van der Waals surface area contributed by atoms with Crippen LogP contribution < -0.4 is 16.0 Å². The van der Waals surface area contributed by atoms with Gasteiger partial charge in [0.05, 0.1) is 4.92 Å². The van der Waals surface area contributed by atoms with Gasteiger partial charge < -0.3 is 16.0 Å². The van der Waals surface area contributed by atoms with Gasteiger partial charge in [0.15, 0.2) is 0 Å². The van der Waals surface area contributed by atoms with Gasteiger partial charge in [-0.2, -0.15) is 0 Å². The van der Waals surface area contributed by atoms with Gasteiger partial charge in [-0.05, 0) is 38.4 Å². The van der Waals surface area contributed by atoms with Crippen LogP contribution in [0, 0.1) is 10.1 Å². The first-order chi connectivity index (χ1) is 10.0. The lowest BCUT2D eigenvalue weighted by Gasteiger charge is -2.37. The number of primary amides is 1. The quantitative estimate of drug-likeness (QED) is 0.628. The van der Waals surface area contributed by atoms with E-state index in [-0.39, 0.29) is 17.3 Å². The standard InChI is InChI=1S/C14H20N4O3/c1-16-9-11-4-2-3-7-17(11)12-6-5-10(14(15)19)8-13(12)18(20)21/h5-6,8,11,16H,2-4,7,9H2,1H3,(H2,15,19). The Labute approximate surface area is 123 Å². The lowest BCUT2D eigenvalue weighted by atomic mass is 10.00. The molecule has 1 aromatic carbocycles. The highest BCUT2D eigenvalue weighted by molar-refractivity contribution is 5.94. The average Bonchev–Trinajstić information content (AvgIpc) is 2.47. The Morgan fingerprint density at radius 3 is 2.90 bits per heavy atom. The van der Waals surface area contributed by atoms with Crippen LogP contribution in [0.2, 0.25) is 0 Å². The molecule has 3 N–H and O–H groups in total.